The van der Waals surface area contributed by atoms with Crippen molar-refractivity contribution >= 4 is 27.7 Å². The maximum Gasteiger partial charge on any atom is 0.228 e. The van der Waals surface area contributed by atoms with Crippen LogP contribution in [-0.4, -0.2) is 23.1 Å². The maximum absolute atomic E-state index is 5.73. The van der Waals surface area contributed by atoms with Crippen LogP contribution in [0.4, 0.5) is 11.8 Å². The van der Waals surface area contributed by atoms with E-state index in [-0.39, 0.29) is 0 Å². The Bertz CT molecular complexity index is 352. The van der Waals surface area contributed by atoms with E-state index in [4.69, 9.17) is 5.73 Å². The van der Waals surface area contributed by atoms with Crippen molar-refractivity contribution in [1.82, 2.24) is 9.97 Å². The van der Waals surface area contributed by atoms with Crippen molar-refractivity contribution in [2.75, 3.05) is 23.7 Å². The van der Waals surface area contributed by atoms with Crippen LogP contribution in [-0.2, 0) is 0 Å². The SMILES string of the molecule is CC1CC(C)CN(c2nc(N)cc(Br)n2)C1. The number of piperidine rings is 1. The second kappa shape index (κ2) is 4.57. The molecule has 0 bridgehead atoms. The molecular weight excluding hydrogens is 268 g/mol. The van der Waals surface area contributed by atoms with Gasteiger partial charge in [0, 0.05) is 19.2 Å². The zero-order valence-corrected chi connectivity index (χ0v) is 11.2. The van der Waals surface area contributed by atoms with E-state index in [1.807, 2.05) is 0 Å². The number of nitrogen functional groups attached to an aromatic ring is 1. The van der Waals surface area contributed by atoms with Crippen molar-refractivity contribution in [3.05, 3.63) is 10.7 Å². The highest BCUT2D eigenvalue weighted by molar-refractivity contribution is 9.10. The highest BCUT2D eigenvalue weighted by Gasteiger charge is 2.23. The van der Waals surface area contributed by atoms with Crippen LogP contribution in [0, 0.1) is 11.8 Å². The lowest BCUT2D eigenvalue weighted by molar-refractivity contribution is 0.353. The lowest BCUT2D eigenvalue weighted by atomic mass is 9.92. The molecule has 2 N–H and O–H groups in total. The fourth-order valence-electron chi connectivity index (χ4n) is 2.39. The first-order valence-corrected chi connectivity index (χ1v) is 6.39. The van der Waals surface area contributed by atoms with Gasteiger partial charge < -0.3 is 10.6 Å². The van der Waals surface area contributed by atoms with E-state index in [2.05, 4.69) is 44.6 Å². The number of aromatic nitrogens is 2. The van der Waals surface area contributed by atoms with E-state index in [1.54, 1.807) is 6.07 Å². The lowest BCUT2D eigenvalue weighted by Gasteiger charge is -2.35. The molecule has 5 heteroatoms. The molecule has 0 aliphatic carbocycles. The third-order valence-corrected chi connectivity index (χ3v) is 3.26. The first kappa shape index (κ1) is 11.6. The van der Waals surface area contributed by atoms with Gasteiger partial charge in [-0.2, -0.15) is 4.98 Å². The first-order valence-electron chi connectivity index (χ1n) is 5.59. The quantitative estimate of drug-likeness (QED) is 0.804. The van der Waals surface area contributed by atoms with Gasteiger partial charge in [0.1, 0.15) is 10.4 Å². The Morgan fingerprint density at radius 3 is 2.50 bits per heavy atom. The van der Waals surface area contributed by atoms with Crippen molar-refractivity contribution in [3.8, 4) is 0 Å². The summed E-state index contributed by atoms with van der Waals surface area (Å²) in [5, 5.41) is 0. The highest BCUT2D eigenvalue weighted by Crippen LogP contribution is 2.25. The summed E-state index contributed by atoms with van der Waals surface area (Å²) in [6.45, 7) is 6.56. The Balaban J connectivity index is 2.22. The van der Waals surface area contributed by atoms with Crippen molar-refractivity contribution < 1.29 is 0 Å². The third kappa shape index (κ3) is 2.64. The summed E-state index contributed by atoms with van der Waals surface area (Å²) < 4.78 is 0.751. The molecule has 2 unspecified atom stereocenters. The third-order valence-electron chi connectivity index (χ3n) is 2.85. The number of nitrogens with zero attached hydrogens (tertiary/aromatic N) is 3. The van der Waals surface area contributed by atoms with Crippen LogP contribution in [0.3, 0.4) is 0 Å². The van der Waals surface area contributed by atoms with Crippen molar-refractivity contribution in [2.24, 2.45) is 11.8 Å². The van der Waals surface area contributed by atoms with Crippen molar-refractivity contribution in [3.63, 3.8) is 0 Å². The van der Waals surface area contributed by atoms with Crippen LogP contribution in [0.15, 0.2) is 10.7 Å². The maximum atomic E-state index is 5.73. The summed E-state index contributed by atoms with van der Waals surface area (Å²) in [5.74, 6) is 2.63. The van der Waals surface area contributed by atoms with Gasteiger partial charge in [-0.25, -0.2) is 4.98 Å². The molecule has 0 aromatic carbocycles. The van der Waals surface area contributed by atoms with Crippen molar-refractivity contribution in [1.29, 1.82) is 0 Å². The van der Waals surface area contributed by atoms with E-state index < -0.39 is 0 Å². The van der Waals surface area contributed by atoms with Gasteiger partial charge in [0.15, 0.2) is 0 Å². The fraction of sp³-hybridized carbons (Fsp3) is 0.636. The Labute approximate surface area is 104 Å². The molecule has 88 valence electrons. The van der Waals surface area contributed by atoms with Gasteiger partial charge in [0.25, 0.3) is 0 Å². The number of rotatable bonds is 1. The Morgan fingerprint density at radius 1 is 1.31 bits per heavy atom. The second-order valence-corrected chi connectivity index (χ2v) is 5.58. The molecule has 1 fully saturated rings. The minimum Gasteiger partial charge on any atom is -0.383 e. The number of hydrogen-bond acceptors (Lipinski definition) is 4. The van der Waals surface area contributed by atoms with Gasteiger partial charge in [-0.3, -0.25) is 0 Å². The molecule has 0 amide bonds. The summed E-state index contributed by atoms with van der Waals surface area (Å²) in [6.07, 6.45) is 1.28. The average molecular weight is 285 g/mol. The molecule has 0 saturated carbocycles. The van der Waals surface area contributed by atoms with E-state index in [1.165, 1.54) is 6.42 Å². The Kier molecular flexibility index (Phi) is 3.33. The van der Waals surface area contributed by atoms with Crippen LogP contribution in [0.1, 0.15) is 20.3 Å². The molecule has 1 aromatic rings. The molecule has 0 spiro atoms. The molecule has 0 radical (unpaired) electrons. The summed E-state index contributed by atoms with van der Waals surface area (Å²) in [6, 6.07) is 1.72. The fourth-order valence-corrected chi connectivity index (χ4v) is 2.78. The minimum atomic E-state index is 0.516. The second-order valence-electron chi connectivity index (χ2n) is 4.77. The zero-order valence-electron chi connectivity index (χ0n) is 9.65. The highest BCUT2D eigenvalue weighted by atomic mass is 79.9. The van der Waals surface area contributed by atoms with Gasteiger partial charge in [-0.15, -0.1) is 0 Å². The standard InChI is InChI=1S/C11H17BrN4/c1-7-3-8(2)6-16(5-7)11-14-9(12)4-10(13)15-11/h4,7-8H,3,5-6H2,1-2H3,(H2,13,14,15). The number of nitrogens with two attached hydrogens (primary N) is 1. The van der Waals surface area contributed by atoms with Crippen LogP contribution in [0.2, 0.25) is 0 Å². The molecule has 2 heterocycles. The van der Waals surface area contributed by atoms with E-state index >= 15 is 0 Å². The van der Waals surface area contributed by atoms with Gasteiger partial charge >= 0.3 is 0 Å². The Morgan fingerprint density at radius 2 is 1.94 bits per heavy atom. The number of halogens is 1. The molecule has 16 heavy (non-hydrogen) atoms. The zero-order chi connectivity index (χ0) is 11.7. The van der Waals surface area contributed by atoms with Crippen LogP contribution in [0.25, 0.3) is 0 Å². The Hall–Kier alpha value is -0.840. The molecule has 1 aliphatic rings. The van der Waals surface area contributed by atoms with Crippen LogP contribution in [0.5, 0.6) is 0 Å². The lowest BCUT2D eigenvalue weighted by Crippen LogP contribution is -2.39. The van der Waals surface area contributed by atoms with E-state index in [0.29, 0.717) is 17.7 Å². The monoisotopic (exact) mass is 284 g/mol. The topological polar surface area (TPSA) is 55.0 Å². The number of anilines is 2. The summed E-state index contributed by atoms with van der Waals surface area (Å²) in [5.41, 5.74) is 5.73. The van der Waals surface area contributed by atoms with E-state index in [9.17, 15) is 0 Å². The molecule has 4 nitrogen and oxygen atoms in total. The van der Waals surface area contributed by atoms with Crippen LogP contribution >= 0.6 is 15.9 Å². The van der Waals surface area contributed by atoms with Gasteiger partial charge in [-0.05, 0) is 34.2 Å². The minimum absolute atomic E-state index is 0.516. The molecule has 2 rings (SSSR count). The molecule has 1 saturated heterocycles. The molecule has 2 atom stereocenters. The molecule has 1 aromatic heterocycles. The summed E-state index contributed by atoms with van der Waals surface area (Å²) in [7, 11) is 0. The largest absolute Gasteiger partial charge is 0.383 e. The smallest absolute Gasteiger partial charge is 0.228 e. The molecular formula is C11H17BrN4. The summed E-state index contributed by atoms with van der Waals surface area (Å²) >= 11 is 3.35. The number of hydrogen-bond donors (Lipinski definition) is 1. The normalized spacial score (nSPS) is 25.8. The average Bonchev–Trinajstić information content (AvgIpc) is 2.14. The van der Waals surface area contributed by atoms with Crippen molar-refractivity contribution in [2.45, 2.75) is 20.3 Å². The first-order chi connectivity index (χ1) is 7.54. The van der Waals surface area contributed by atoms with Gasteiger partial charge in [-0.1, -0.05) is 13.8 Å². The molecule has 1 aliphatic heterocycles. The van der Waals surface area contributed by atoms with Gasteiger partial charge in [0.05, 0.1) is 0 Å². The van der Waals surface area contributed by atoms with Crippen LogP contribution < -0.4 is 10.6 Å². The van der Waals surface area contributed by atoms with E-state index in [0.717, 1.165) is 23.6 Å². The predicted octanol–water partition coefficient (Wildman–Crippen LogP) is 2.30. The summed E-state index contributed by atoms with van der Waals surface area (Å²) in [4.78, 5) is 10.9. The van der Waals surface area contributed by atoms with Gasteiger partial charge in [0.2, 0.25) is 5.95 Å². The predicted molar refractivity (Wildman–Crippen MR) is 69.3 cm³/mol.